The van der Waals surface area contributed by atoms with Gasteiger partial charge in [0, 0.05) is 0 Å². The minimum atomic E-state index is -0.514. The fourth-order valence-corrected chi connectivity index (χ4v) is 4.00. The van der Waals surface area contributed by atoms with Crippen LogP contribution in [0, 0.1) is 18.8 Å². The molecule has 1 aliphatic heterocycles. The van der Waals surface area contributed by atoms with Crippen LogP contribution in [0.2, 0.25) is 0 Å². The van der Waals surface area contributed by atoms with Gasteiger partial charge in [0.2, 0.25) is 6.29 Å². The standard InChI is InChI=1S/C29H34O5/c1-20-10-15-26(31-18-24-11-13-25(30-4)14-12-24)27(16-20)34-29-28(22(3)21(2)17-33-29)32-19-23-8-6-5-7-9-23/h5-16,21-22,28-29H,17-19H2,1-4H3/t21-,22+,28-,29+/m1/s1. The molecule has 0 aliphatic carbocycles. The Morgan fingerprint density at radius 1 is 0.853 bits per heavy atom. The van der Waals surface area contributed by atoms with E-state index in [0.29, 0.717) is 37.2 Å². The zero-order chi connectivity index (χ0) is 23.9. The summed E-state index contributed by atoms with van der Waals surface area (Å²) in [6, 6.07) is 24.0. The Hall–Kier alpha value is -3.02. The summed E-state index contributed by atoms with van der Waals surface area (Å²) in [5.74, 6) is 2.83. The molecule has 0 unspecified atom stereocenters. The van der Waals surface area contributed by atoms with Crippen molar-refractivity contribution in [1.82, 2.24) is 0 Å². The lowest BCUT2D eigenvalue weighted by Gasteiger charge is -2.39. The quantitative estimate of drug-likeness (QED) is 0.380. The molecular weight excluding hydrogens is 428 g/mol. The Labute approximate surface area is 202 Å². The summed E-state index contributed by atoms with van der Waals surface area (Å²) >= 11 is 0. The minimum Gasteiger partial charge on any atom is -0.497 e. The van der Waals surface area contributed by atoms with Gasteiger partial charge < -0.3 is 23.7 Å². The smallest absolute Gasteiger partial charge is 0.226 e. The van der Waals surface area contributed by atoms with Gasteiger partial charge in [0.05, 0.1) is 20.3 Å². The molecule has 4 rings (SSSR count). The van der Waals surface area contributed by atoms with Gasteiger partial charge in [-0.15, -0.1) is 0 Å². The Balaban J connectivity index is 1.47. The van der Waals surface area contributed by atoms with E-state index in [2.05, 4.69) is 26.0 Å². The molecule has 0 aromatic heterocycles. The average molecular weight is 463 g/mol. The molecule has 0 spiro atoms. The average Bonchev–Trinajstić information content (AvgIpc) is 2.86. The molecular formula is C29H34O5. The Morgan fingerprint density at radius 2 is 1.59 bits per heavy atom. The topological polar surface area (TPSA) is 46.2 Å². The van der Waals surface area contributed by atoms with E-state index in [-0.39, 0.29) is 12.0 Å². The molecule has 3 aromatic carbocycles. The highest BCUT2D eigenvalue weighted by Gasteiger charge is 2.38. The van der Waals surface area contributed by atoms with Crippen LogP contribution in [-0.2, 0) is 22.7 Å². The highest BCUT2D eigenvalue weighted by Crippen LogP contribution is 2.35. The second-order valence-electron chi connectivity index (χ2n) is 9.00. The minimum absolute atomic E-state index is 0.195. The molecule has 1 heterocycles. The van der Waals surface area contributed by atoms with E-state index < -0.39 is 6.29 Å². The second-order valence-corrected chi connectivity index (χ2v) is 9.00. The van der Waals surface area contributed by atoms with Crippen molar-refractivity contribution in [2.24, 2.45) is 11.8 Å². The first-order valence-corrected chi connectivity index (χ1v) is 11.8. The van der Waals surface area contributed by atoms with Gasteiger partial charge in [0.15, 0.2) is 11.5 Å². The van der Waals surface area contributed by atoms with Crippen LogP contribution in [0.1, 0.15) is 30.5 Å². The molecule has 3 aromatic rings. The number of benzene rings is 3. The summed E-state index contributed by atoms with van der Waals surface area (Å²) in [5.41, 5.74) is 3.27. The number of aryl methyl sites for hydroxylation is 1. The van der Waals surface area contributed by atoms with Crippen LogP contribution in [-0.4, -0.2) is 26.1 Å². The molecule has 0 amide bonds. The maximum Gasteiger partial charge on any atom is 0.226 e. The van der Waals surface area contributed by atoms with Gasteiger partial charge >= 0.3 is 0 Å². The summed E-state index contributed by atoms with van der Waals surface area (Å²) in [6.07, 6.45) is -0.709. The predicted octanol–water partition coefficient (Wildman–Crippen LogP) is 6.18. The van der Waals surface area contributed by atoms with Gasteiger partial charge in [0.25, 0.3) is 0 Å². The largest absolute Gasteiger partial charge is 0.497 e. The fraction of sp³-hybridized carbons (Fsp3) is 0.379. The summed E-state index contributed by atoms with van der Waals surface area (Å²) in [7, 11) is 1.66. The van der Waals surface area contributed by atoms with Gasteiger partial charge in [-0.2, -0.15) is 0 Å². The van der Waals surface area contributed by atoms with Crippen molar-refractivity contribution in [3.63, 3.8) is 0 Å². The molecule has 34 heavy (non-hydrogen) atoms. The molecule has 0 saturated carbocycles. The monoisotopic (exact) mass is 462 g/mol. The van der Waals surface area contributed by atoms with Crippen LogP contribution < -0.4 is 14.2 Å². The summed E-state index contributed by atoms with van der Waals surface area (Å²) in [4.78, 5) is 0. The number of hydrogen-bond donors (Lipinski definition) is 0. The number of ether oxygens (including phenoxy) is 5. The Morgan fingerprint density at radius 3 is 2.32 bits per heavy atom. The van der Waals surface area contributed by atoms with Gasteiger partial charge in [-0.05, 0) is 59.7 Å². The molecule has 0 radical (unpaired) electrons. The van der Waals surface area contributed by atoms with Crippen LogP contribution in [0.5, 0.6) is 17.2 Å². The van der Waals surface area contributed by atoms with Crippen LogP contribution in [0.4, 0.5) is 0 Å². The zero-order valence-corrected chi connectivity index (χ0v) is 20.4. The van der Waals surface area contributed by atoms with Gasteiger partial charge in [-0.25, -0.2) is 0 Å². The zero-order valence-electron chi connectivity index (χ0n) is 20.4. The number of rotatable bonds is 9. The predicted molar refractivity (Wildman–Crippen MR) is 132 cm³/mol. The summed E-state index contributed by atoms with van der Waals surface area (Å²) in [5, 5.41) is 0. The van der Waals surface area contributed by atoms with Crippen molar-refractivity contribution in [3.05, 3.63) is 89.5 Å². The van der Waals surface area contributed by atoms with Crippen LogP contribution in [0.3, 0.4) is 0 Å². The van der Waals surface area contributed by atoms with Crippen molar-refractivity contribution in [2.45, 2.75) is 46.4 Å². The Bertz CT molecular complexity index is 1030. The first kappa shape index (κ1) is 24.1. The number of methoxy groups -OCH3 is 1. The highest BCUT2D eigenvalue weighted by molar-refractivity contribution is 5.43. The molecule has 0 bridgehead atoms. The molecule has 1 aliphatic rings. The van der Waals surface area contributed by atoms with Crippen molar-refractivity contribution in [1.29, 1.82) is 0 Å². The first-order valence-electron chi connectivity index (χ1n) is 11.8. The summed E-state index contributed by atoms with van der Waals surface area (Å²) < 4.78 is 30.3. The van der Waals surface area contributed by atoms with Crippen LogP contribution in [0.15, 0.2) is 72.8 Å². The van der Waals surface area contributed by atoms with E-state index in [1.807, 2.05) is 67.6 Å². The van der Waals surface area contributed by atoms with Gasteiger partial charge in [0.1, 0.15) is 18.5 Å². The lowest BCUT2D eigenvalue weighted by molar-refractivity contribution is -0.225. The van der Waals surface area contributed by atoms with E-state index in [4.69, 9.17) is 23.7 Å². The van der Waals surface area contributed by atoms with Crippen LogP contribution >= 0.6 is 0 Å². The van der Waals surface area contributed by atoms with E-state index in [1.54, 1.807) is 7.11 Å². The summed E-state index contributed by atoms with van der Waals surface area (Å²) in [6.45, 7) is 8.00. The molecule has 4 atom stereocenters. The molecule has 1 saturated heterocycles. The SMILES string of the molecule is COc1ccc(COc2ccc(C)cc2O[C@@H]2OC[C@@H](C)[C@H](C)[C@H]2OCc2ccccc2)cc1. The van der Waals surface area contributed by atoms with Crippen molar-refractivity contribution in [2.75, 3.05) is 13.7 Å². The molecule has 0 N–H and O–H groups in total. The molecule has 5 heteroatoms. The fourth-order valence-electron chi connectivity index (χ4n) is 4.00. The molecule has 180 valence electrons. The van der Waals surface area contributed by atoms with E-state index in [9.17, 15) is 0 Å². The van der Waals surface area contributed by atoms with Gasteiger partial charge in [-0.1, -0.05) is 62.4 Å². The van der Waals surface area contributed by atoms with E-state index in [1.165, 1.54) is 0 Å². The van der Waals surface area contributed by atoms with Crippen molar-refractivity contribution in [3.8, 4) is 17.2 Å². The van der Waals surface area contributed by atoms with E-state index >= 15 is 0 Å². The van der Waals surface area contributed by atoms with Crippen molar-refractivity contribution < 1.29 is 23.7 Å². The molecule has 5 nitrogen and oxygen atoms in total. The second kappa shape index (κ2) is 11.4. The van der Waals surface area contributed by atoms with Gasteiger partial charge in [-0.3, -0.25) is 0 Å². The normalized spacial score (nSPS) is 22.2. The number of hydrogen-bond acceptors (Lipinski definition) is 5. The highest BCUT2D eigenvalue weighted by atomic mass is 16.7. The lowest BCUT2D eigenvalue weighted by atomic mass is 9.88. The van der Waals surface area contributed by atoms with E-state index in [0.717, 1.165) is 22.4 Å². The third kappa shape index (κ3) is 6.10. The molecule has 1 fully saturated rings. The third-order valence-electron chi connectivity index (χ3n) is 6.39. The van der Waals surface area contributed by atoms with Crippen LogP contribution in [0.25, 0.3) is 0 Å². The maximum atomic E-state index is 6.42. The lowest BCUT2D eigenvalue weighted by Crippen LogP contribution is -2.48. The van der Waals surface area contributed by atoms with Crippen molar-refractivity contribution >= 4 is 0 Å². The third-order valence-corrected chi connectivity index (χ3v) is 6.39. The maximum absolute atomic E-state index is 6.42. The Kier molecular flexibility index (Phi) is 8.09. The first-order chi connectivity index (χ1) is 16.5.